The smallest absolute Gasteiger partial charge is 0.0745 e. The highest BCUT2D eigenvalue weighted by Crippen LogP contribution is 2.46. The van der Waals surface area contributed by atoms with Crippen LogP contribution in [0.15, 0.2) is 128 Å². The average molecular weight is 1300 g/mol. The zero-order chi connectivity index (χ0) is 70.3. The lowest BCUT2D eigenvalue weighted by Gasteiger charge is -2.10. The quantitative estimate of drug-likeness (QED) is 0.151. The molecule has 6 heteroatoms. The van der Waals surface area contributed by atoms with E-state index < -0.39 is 0 Å². The van der Waals surface area contributed by atoms with E-state index >= 15 is 0 Å². The zero-order valence-corrected chi connectivity index (χ0v) is 62.6. The van der Waals surface area contributed by atoms with Crippen LogP contribution in [0.1, 0.15) is 184 Å². The van der Waals surface area contributed by atoms with Crippen LogP contribution in [-0.2, 0) is 38.5 Å². The molecular formula is C93H96N6. The Labute approximate surface area is 589 Å². The van der Waals surface area contributed by atoms with Crippen LogP contribution in [0.4, 0.5) is 0 Å². The standard InChI is InChI=1S/4C16H17N.C15H15N.C14H13N/c1-9-5-13-7-14-12(4)11(3)8-17-16(14)15(13)6-10(9)2;1-9-5-10(2)13-7-14-12(4)11(3)8-17-16(14)15(13)6-9;1-9-5-6-13-14(11(9)3)7-15-12(4)10(2)8-17-16(13)15;1-9-5-6-10(2)15-13(9)7-14-12(4)11(3)8-17-16(14)15;1-9-10(2)16-11(3)15-13-7-5-4-6-12(13)8-14(9)15;1-9-10(2)15-8-14-12-6-4-3-5-11(12)7-13(9)14/h4*5-6,8H,7H2,1-4H3;4-7H,8H2,1-3H3;3-6,8H,7H2,1-2H3. The number of hydrogen-bond donors (Lipinski definition) is 0. The van der Waals surface area contributed by atoms with Crippen molar-refractivity contribution in [2.75, 3.05) is 0 Å². The molecule has 0 unspecified atom stereocenters. The predicted molar refractivity (Wildman–Crippen MR) is 414 cm³/mol. The number of rotatable bonds is 0. The minimum Gasteiger partial charge on any atom is -0.261 e. The molecule has 0 atom stereocenters. The maximum atomic E-state index is 4.66. The number of hydrogen-bond acceptors (Lipinski definition) is 6. The maximum absolute atomic E-state index is 4.66. The van der Waals surface area contributed by atoms with Gasteiger partial charge in [0.2, 0.25) is 0 Å². The lowest BCUT2D eigenvalue weighted by Crippen LogP contribution is -1.97. The first kappa shape index (κ1) is 67.8. The SMILES string of the molecule is Cc1cc(C)c2c(c1)-c1ncc(C)c(C)c1C2.Cc1cc2c(cc1C)-c1ncc(C)c(C)c1C2.Cc1ccc2c(c1C)Cc1c-2ncc(C)c1C.Cc1cnc2c(c1C)Cc1c(C)ccc(C)c1-2.Cc1nc(C)c2c(c1C)Cc1ccccc1-2.Cc1ncc2c(c1C)Cc1ccccc1-2. The van der Waals surface area contributed by atoms with Crippen LogP contribution < -0.4 is 0 Å². The second-order valence-electron chi connectivity index (χ2n) is 29.4. The zero-order valence-electron chi connectivity index (χ0n) is 62.6. The van der Waals surface area contributed by atoms with Gasteiger partial charge < -0.3 is 0 Å². The van der Waals surface area contributed by atoms with E-state index in [1.54, 1.807) is 0 Å². The fourth-order valence-corrected chi connectivity index (χ4v) is 16.0. The van der Waals surface area contributed by atoms with E-state index in [0.717, 1.165) is 44.2 Å². The summed E-state index contributed by atoms with van der Waals surface area (Å²) < 4.78 is 0. The van der Waals surface area contributed by atoms with Crippen molar-refractivity contribution in [3.63, 3.8) is 0 Å². The first-order chi connectivity index (χ1) is 47.3. The molecule has 12 aromatic rings. The molecule has 6 heterocycles. The van der Waals surface area contributed by atoms with Crippen molar-refractivity contribution in [3.05, 3.63) is 312 Å². The van der Waals surface area contributed by atoms with Gasteiger partial charge in [0.25, 0.3) is 0 Å². The highest BCUT2D eigenvalue weighted by atomic mass is 14.7. The summed E-state index contributed by atoms with van der Waals surface area (Å²) in [7, 11) is 0. The molecule has 0 saturated heterocycles. The fourth-order valence-electron chi connectivity index (χ4n) is 16.0. The highest BCUT2D eigenvalue weighted by molar-refractivity contribution is 5.83. The largest absolute Gasteiger partial charge is 0.261 e. The Morgan fingerprint density at radius 1 is 0.222 bits per heavy atom. The minimum absolute atomic E-state index is 1.05. The van der Waals surface area contributed by atoms with E-state index in [9.17, 15) is 0 Å². The van der Waals surface area contributed by atoms with Gasteiger partial charge in [-0.05, 0) is 343 Å². The third-order valence-electron chi connectivity index (χ3n) is 23.3. The topological polar surface area (TPSA) is 77.3 Å². The van der Waals surface area contributed by atoms with Crippen molar-refractivity contribution >= 4 is 0 Å². The summed E-state index contributed by atoms with van der Waals surface area (Å²) in [5.41, 5.74) is 61.0. The molecule has 99 heavy (non-hydrogen) atoms. The lowest BCUT2D eigenvalue weighted by molar-refractivity contribution is 1.06. The Morgan fingerprint density at radius 3 is 1.31 bits per heavy atom. The van der Waals surface area contributed by atoms with Crippen molar-refractivity contribution in [1.82, 2.24) is 29.9 Å². The van der Waals surface area contributed by atoms with E-state index in [1.807, 2.05) is 31.0 Å². The molecule has 0 saturated carbocycles. The van der Waals surface area contributed by atoms with Crippen LogP contribution >= 0.6 is 0 Å². The molecule has 0 N–H and O–H groups in total. The monoisotopic (exact) mass is 1300 g/mol. The third kappa shape index (κ3) is 12.3. The summed E-state index contributed by atoms with van der Waals surface area (Å²) in [6.45, 7) is 45.6. The van der Waals surface area contributed by atoms with E-state index in [-0.39, 0.29) is 0 Å². The highest BCUT2D eigenvalue weighted by Gasteiger charge is 2.29. The number of nitrogens with zero attached hydrogens (tertiary/aromatic N) is 6. The van der Waals surface area contributed by atoms with Crippen molar-refractivity contribution in [2.45, 2.75) is 184 Å². The maximum Gasteiger partial charge on any atom is 0.0745 e. The molecule has 0 fully saturated rings. The van der Waals surface area contributed by atoms with E-state index in [0.29, 0.717) is 0 Å². The fraction of sp³-hybridized carbons (Fsp3) is 0.290. The summed E-state index contributed by atoms with van der Waals surface area (Å²) in [6.07, 6.45) is 16.4. The van der Waals surface area contributed by atoms with Gasteiger partial charge in [-0.2, -0.15) is 0 Å². The predicted octanol–water partition coefficient (Wildman–Crippen LogP) is 22.4. The molecule has 0 bridgehead atoms. The Balaban J connectivity index is 0.000000107. The van der Waals surface area contributed by atoms with Crippen molar-refractivity contribution in [2.24, 2.45) is 0 Å². The van der Waals surface area contributed by atoms with Gasteiger partial charge in [0.15, 0.2) is 0 Å². The van der Waals surface area contributed by atoms with Crippen LogP contribution in [0, 0.1) is 145 Å². The van der Waals surface area contributed by atoms with E-state index in [1.165, 1.54) is 246 Å². The summed E-state index contributed by atoms with van der Waals surface area (Å²) in [4.78, 5) is 27.7. The van der Waals surface area contributed by atoms with Gasteiger partial charge in [-0.15, -0.1) is 0 Å². The summed E-state index contributed by atoms with van der Waals surface area (Å²) in [5, 5.41) is 0. The Hall–Kier alpha value is -9.78. The second-order valence-corrected chi connectivity index (χ2v) is 29.4. The van der Waals surface area contributed by atoms with Gasteiger partial charge in [-0.3, -0.25) is 29.9 Å². The van der Waals surface area contributed by atoms with Gasteiger partial charge in [0.05, 0.1) is 22.8 Å². The van der Waals surface area contributed by atoms with Crippen molar-refractivity contribution in [1.29, 1.82) is 0 Å². The normalized spacial score (nSPS) is 12.5. The third-order valence-corrected chi connectivity index (χ3v) is 23.3. The lowest BCUT2D eigenvalue weighted by atomic mass is 9.99. The molecule has 6 nitrogen and oxygen atoms in total. The second kappa shape index (κ2) is 26.8. The molecule has 498 valence electrons. The number of aromatic nitrogens is 6. The average Bonchev–Trinajstić information content (AvgIpc) is 2.57. The van der Waals surface area contributed by atoms with Gasteiger partial charge in [-0.25, -0.2) is 0 Å². The number of pyridine rings is 6. The van der Waals surface area contributed by atoms with Crippen molar-refractivity contribution in [3.8, 4) is 67.3 Å². The molecule has 0 spiro atoms. The van der Waals surface area contributed by atoms with Crippen LogP contribution in [0.25, 0.3) is 67.3 Å². The van der Waals surface area contributed by atoms with Crippen LogP contribution in [0.3, 0.4) is 0 Å². The van der Waals surface area contributed by atoms with Gasteiger partial charge >= 0.3 is 0 Å². The molecule has 6 aliphatic rings. The van der Waals surface area contributed by atoms with Crippen LogP contribution in [0.5, 0.6) is 0 Å². The van der Waals surface area contributed by atoms with Gasteiger partial charge in [0, 0.05) is 107 Å². The molecule has 18 rings (SSSR count). The number of aryl methyl sites for hydroxylation is 14. The molecule has 0 aliphatic heterocycles. The van der Waals surface area contributed by atoms with Crippen molar-refractivity contribution < 1.29 is 0 Å². The number of fused-ring (bicyclic) bond motifs is 18. The van der Waals surface area contributed by atoms with Crippen LogP contribution in [0.2, 0.25) is 0 Å². The minimum atomic E-state index is 1.05. The Kier molecular flexibility index (Phi) is 18.4. The molecule has 6 aromatic carbocycles. The Bertz CT molecular complexity index is 5260. The van der Waals surface area contributed by atoms with E-state index in [2.05, 4.69) is 272 Å². The first-order valence-electron chi connectivity index (χ1n) is 35.6. The van der Waals surface area contributed by atoms with Gasteiger partial charge in [-0.1, -0.05) is 90.5 Å². The summed E-state index contributed by atoms with van der Waals surface area (Å²) in [5.74, 6) is 0. The molecule has 6 aliphatic carbocycles. The summed E-state index contributed by atoms with van der Waals surface area (Å²) >= 11 is 0. The number of benzene rings is 6. The Morgan fingerprint density at radius 2 is 0.677 bits per heavy atom. The molecule has 0 radical (unpaired) electrons. The van der Waals surface area contributed by atoms with E-state index in [4.69, 9.17) is 0 Å². The first-order valence-corrected chi connectivity index (χ1v) is 35.6. The molecule has 6 aromatic heterocycles. The summed E-state index contributed by atoms with van der Waals surface area (Å²) in [6, 6.07) is 35.3. The van der Waals surface area contributed by atoms with Gasteiger partial charge in [0.1, 0.15) is 0 Å². The molecular weight excluding hydrogens is 1200 g/mol. The van der Waals surface area contributed by atoms with Crippen LogP contribution in [-0.4, -0.2) is 29.9 Å². The molecule has 0 amide bonds.